The van der Waals surface area contributed by atoms with E-state index < -0.39 is 0 Å². The lowest BCUT2D eigenvalue weighted by molar-refractivity contribution is -0.0837. The first kappa shape index (κ1) is 15.8. The van der Waals surface area contributed by atoms with Crippen molar-refractivity contribution in [1.82, 2.24) is 10.3 Å². The number of hydrazine groups is 1. The quantitative estimate of drug-likeness (QED) is 0.580. The van der Waals surface area contributed by atoms with Crippen molar-refractivity contribution in [2.24, 2.45) is 11.6 Å². The Morgan fingerprint density at radius 1 is 1.64 bits per heavy atom. The largest absolute Gasteiger partial charge is 0.400 e. The number of hydrogen-bond donors (Lipinski definition) is 3. The number of nitrogens with one attached hydrogen (secondary N) is 1. The zero-order chi connectivity index (χ0) is 15.7. The molecule has 2 aliphatic rings. The summed E-state index contributed by atoms with van der Waals surface area (Å²) in [5, 5.41) is 5.00. The summed E-state index contributed by atoms with van der Waals surface area (Å²) in [7, 11) is 1.79. The van der Waals surface area contributed by atoms with Crippen LogP contribution in [-0.4, -0.2) is 31.3 Å². The number of nitrogens with zero attached hydrogens (tertiary/aromatic N) is 1. The van der Waals surface area contributed by atoms with Crippen molar-refractivity contribution in [2.75, 3.05) is 20.2 Å². The van der Waals surface area contributed by atoms with Gasteiger partial charge in [0, 0.05) is 35.1 Å². The third-order valence-electron chi connectivity index (χ3n) is 4.58. The number of hydrogen-bond acceptors (Lipinski definition) is 6. The van der Waals surface area contributed by atoms with E-state index in [4.69, 9.17) is 16.3 Å². The Hall–Kier alpha value is -1.08. The minimum Gasteiger partial charge on any atom is -0.400 e. The molecule has 0 saturated carbocycles. The topological polar surface area (TPSA) is 76.5 Å². The van der Waals surface area contributed by atoms with Gasteiger partial charge in [0.2, 0.25) is 0 Å². The third-order valence-corrected chi connectivity index (χ3v) is 6.09. The van der Waals surface area contributed by atoms with Crippen molar-refractivity contribution in [3.05, 3.63) is 33.3 Å². The molecule has 2 aliphatic heterocycles. The molecule has 2 unspecified atom stereocenters. The molecule has 5 N–H and O–H groups in total. The fourth-order valence-corrected chi connectivity index (χ4v) is 4.83. The monoisotopic (exact) mass is 322 g/mol. The van der Waals surface area contributed by atoms with Gasteiger partial charge in [-0.05, 0) is 37.4 Å². The second-order valence-corrected chi connectivity index (χ2v) is 7.41. The van der Waals surface area contributed by atoms with Gasteiger partial charge in [0.15, 0.2) is 0 Å². The highest BCUT2D eigenvalue weighted by molar-refractivity contribution is 7.12. The maximum Gasteiger partial charge on any atom is 0.106 e. The average molecular weight is 322 g/mol. The highest BCUT2D eigenvalue weighted by atomic mass is 32.1. The number of rotatable bonds is 3. The van der Waals surface area contributed by atoms with E-state index in [2.05, 4.69) is 18.3 Å². The highest BCUT2D eigenvalue weighted by Gasteiger charge is 2.44. The molecule has 1 spiro atoms. The molecule has 6 heteroatoms. The van der Waals surface area contributed by atoms with Crippen molar-refractivity contribution in [2.45, 2.75) is 44.2 Å². The molecule has 0 bridgehead atoms. The van der Waals surface area contributed by atoms with Crippen molar-refractivity contribution < 1.29 is 4.74 Å². The number of fused-ring (bicyclic) bond motifs is 2. The summed E-state index contributed by atoms with van der Waals surface area (Å²) in [6, 6.07) is 2.48. The standard InChI is InChI=1S/C16H26N4OS/c1-3-12-8-11-4-7-21-16(15(11)22-12)5-6-19-14(9-16)13(17)10-20(2)18/h8,10,14,19H,3-7,9,17-18H2,1-2H3/b13-10-. The van der Waals surface area contributed by atoms with E-state index in [0.717, 1.165) is 44.5 Å². The van der Waals surface area contributed by atoms with Crippen LogP contribution < -0.4 is 16.9 Å². The van der Waals surface area contributed by atoms with Crippen LogP contribution in [0.5, 0.6) is 0 Å². The first-order valence-corrected chi connectivity index (χ1v) is 8.80. The first-order chi connectivity index (χ1) is 10.5. The van der Waals surface area contributed by atoms with Crippen LogP contribution in [0.25, 0.3) is 0 Å². The van der Waals surface area contributed by atoms with Gasteiger partial charge >= 0.3 is 0 Å². The van der Waals surface area contributed by atoms with Crippen LogP contribution in [-0.2, 0) is 23.2 Å². The smallest absolute Gasteiger partial charge is 0.106 e. The average Bonchev–Trinajstić information content (AvgIpc) is 2.92. The minimum atomic E-state index is -0.173. The molecule has 0 amide bonds. The second kappa shape index (κ2) is 6.20. The fraction of sp³-hybridized carbons (Fsp3) is 0.625. The molecule has 2 atom stereocenters. The Kier molecular flexibility index (Phi) is 4.45. The molecule has 1 saturated heterocycles. The van der Waals surface area contributed by atoms with E-state index in [1.54, 1.807) is 13.2 Å². The predicted molar refractivity (Wildman–Crippen MR) is 90.3 cm³/mol. The van der Waals surface area contributed by atoms with Crippen LogP contribution in [0, 0.1) is 0 Å². The molecule has 122 valence electrons. The lowest BCUT2D eigenvalue weighted by Gasteiger charge is -2.43. The van der Waals surface area contributed by atoms with Gasteiger partial charge in [-0.1, -0.05) is 6.92 Å². The Morgan fingerprint density at radius 2 is 2.45 bits per heavy atom. The Morgan fingerprint density at radius 3 is 3.18 bits per heavy atom. The summed E-state index contributed by atoms with van der Waals surface area (Å²) < 4.78 is 6.32. The van der Waals surface area contributed by atoms with Crippen molar-refractivity contribution in [1.29, 1.82) is 0 Å². The summed E-state index contributed by atoms with van der Waals surface area (Å²) in [5.41, 5.74) is 8.29. The van der Waals surface area contributed by atoms with E-state index in [0.29, 0.717) is 0 Å². The van der Waals surface area contributed by atoms with Crippen molar-refractivity contribution in [3.63, 3.8) is 0 Å². The molecule has 0 aliphatic carbocycles. The van der Waals surface area contributed by atoms with Gasteiger partial charge in [-0.25, -0.2) is 5.84 Å². The van der Waals surface area contributed by atoms with Crippen molar-refractivity contribution >= 4 is 11.3 Å². The number of piperidine rings is 1. The van der Waals surface area contributed by atoms with Crippen LogP contribution >= 0.6 is 11.3 Å². The van der Waals surface area contributed by atoms with E-state index in [1.807, 2.05) is 11.3 Å². The lowest BCUT2D eigenvalue weighted by atomic mass is 9.82. The van der Waals surface area contributed by atoms with Crippen LogP contribution in [0.3, 0.4) is 0 Å². The van der Waals surface area contributed by atoms with Gasteiger partial charge in [0.05, 0.1) is 12.6 Å². The number of thiophene rings is 1. The molecule has 3 heterocycles. The molecule has 1 aromatic rings. The lowest BCUT2D eigenvalue weighted by Crippen LogP contribution is -2.51. The molecule has 1 fully saturated rings. The van der Waals surface area contributed by atoms with Gasteiger partial charge in [-0.15, -0.1) is 11.3 Å². The summed E-state index contributed by atoms with van der Waals surface area (Å²) in [6.45, 7) is 3.93. The Balaban J connectivity index is 1.89. The molecule has 3 rings (SSSR count). The minimum absolute atomic E-state index is 0.109. The molecular formula is C16H26N4OS. The molecule has 5 nitrogen and oxygen atoms in total. The van der Waals surface area contributed by atoms with Gasteiger partial charge < -0.3 is 20.8 Å². The van der Waals surface area contributed by atoms with E-state index >= 15 is 0 Å². The van der Waals surface area contributed by atoms with Crippen LogP contribution in [0.4, 0.5) is 0 Å². The van der Waals surface area contributed by atoms with Crippen LogP contribution in [0.1, 0.15) is 35.1 Å². The van der Waals surface area contributed by atoms with E-state index in [1.165, 1.54) is 20.3 Å². The maximum atomic E-state index is 6.32. The van der Waals surface area contributed by atoms with Gasteiger partial charge in [-0.3, -0.25) is 0 Å². The molecule has 0 radical (unpaired) electrons. The predicted octanol–water partition coefficient (Wildman–Crippen LogP) is 1.44. The van der Waals surface area contributed by atoms with Crippen LogP contribution in [0.2, 0.25) is 0 Å². The molecular weight excluding hydrogens is 296 g/mol. The van der Waals surface area contributed by atoms with E-state index in [9.17, 15) is 0 Å². The summed E-state index contributed by atoms with van der Waals surface area (Å²) in [4.78, 5) is 2.88. The third kappa shape index (κ3) is 2.88. The highest BCUT2D eigenvalue weighted by Crippen LogP contribution is 2.46. The zero-order valence-electron chi connectivity index (χ0n) is 13.4. The van der Waals surface area contributed by atoms with Crippen LogP contribution in [0.15, 0.2) is 18.0 Å². The number of ether oxygens (including phenoxy) is 1. The zero-order valence-corrected chi connectivity index (χ0v) is 14.2. The molecule has 1 aromatic heterocycles. The fourth-order valence-electron chi connectivity index (χ4n) is 3.50. The molecule has 0 aromatic carbocycles. The number of aryl methyl sites for hydroxylation is 1. The van der Waals surface area contributed by atoms with E-state index in [-0.39, 0.29) is 11.6 Å². The first-order valence-electron chi connectivity index (χ1n) is 7.98. The van der Waals surface area contributed by atoms with Crippen molar-refractivity contribution in [3.8, 4) is 0 Å². The number of nitrogens with two attached hydrogens (primary N) is 2. The van der Waals surface area contributed by atoms with Gasteiger partial charge in [0.25, 0.3) is 0 Å². The Bertz CT molecular complexity index is 568. The summed E-state index contributed by atoms with van der Waals surface area (Å²) in [6.07, 6.45) is 5.79. The molecule has 22 heavy (non-hydrogen) atoms. The van der Waals surface area contributed by atoms with Gasteiger partial charge in [-0.2, -0.15) is 0 Å². The second-order valence-electron chi connectivity index (χ2n) is 6.27. The summed E-state index contributed by atoms with van der Waals surface area (Å²) in [5.74, 6) is 5.69. The normalized spacial score (nSPS) is 28.7. The maximum absolute atomic E-state index is 6.32. The SMILES string of the molecule is CCc1cc2c(s1)C1(CCNC(/C(N)=C/N(C)N)C1)OCC2. The van der Waals surface area contributed by atoms with Gasteiger partial charge in [0.1, 0.15) is 5.60 Å². The Labute approximate surface area is 136 Å². The summed E-state index contributed by atoms with van der Waals surface area (Å²) >= 11 is 1.92.